The van der Waals surface area contributed by atoms with Gasteiger partial charge < -0.3 is 31.9 Å². The molecule has 4 aliphatic heterocycles. The Hall–Kier alpha value is -1.43. The monoisotopic (exact) mass is 507 g/mol. The molecule has 4 heterocycles. The zero-order chi connectivity index (χ0) is 25.3. The molecule has 4 fully saturated rings. The standard InChI is InChI=1S/C25H42FN7O3/c26-16-3-7-25(5-1-2-6-25)11-18(30-12-16)21(22(27)28)23(34)31-19-13-29-8-4-20(19)32-9-10-33-17(14-32)15-36-24(33)35/h17-22,24,29,35H,1-11,13-15,27-28H2,(H,31,34). The number of aliphatic hydroxyl groups excluding tert-OH is 1. The molecule has 0 aromatic rings. The van der Waals surface area contributed by atoms with Crippen LogP contribution in [-0.4, -0.2) is 103 Å². The zero-order valence-corrected chi connectivity index (χ0v) is 21.1. The van der Waals surface area contributed by atoms with Crippen molar-refractivity contribution in [1.82, 2.24) is 20.4 Å². The van der Waals surface area contributed by atoms with Crippen molar-refractivity contribution in [2.45, 2.75) is 88.1 Å². The minimum Gasteiger partial charge on any atom is -0.356 e. The number of hydrogen-bond donors (Lipinski definition) is 5. The molecule has 10 nitrogen and oxygen atoms in total. The van der Waals surface area contributed by atoms with Crippen LogP contribution in [0.2, 0.25) is 0 Å². The van der Waals surface area contributed by atoms with Crippen LogP contribution in [0.5, 0.6) is 0 Å². The van der Waals surface area contributed by atoms with E-state index in [9.17, 15) is 14.3 Å². The van der Waals surface area contributed by atoms with Gasteiger partial charge in [-0.15, -0.1) is 0 Å². The molecule has 5 aliphatic rings. The molecule has 1 saturated carbocycles. The number of hydrogen-bond acceptors (Lipinski definition) is 9. The lowest BCUT2D eigenvalue weighted by molar-refractivity contribution is -0.143. The Morgan fingerprint density at radius 1 is 1.31 bits per heavy atom. The molecule has 1 spiro atoms. The first-order chi connectivity index (χ1) is 17.3. The number of halogens is 1. The topological polar surface area (TPSA) is 141 Å². The molecule has 0 aromatic heterocycles. The minimum absolute atomic E-state index is 0.0104. The molecule has 7 N–H and O–H groups in total. The number of ether oxygens (including phenoxy) is 1. The summed E-state index contributed by atoms with van der Waals surface area (Å²) < 4.78 is 19.8. The molecule has 1 aliphatic carbocycles. The third kappa shape index (κ3) is 5.54. The van der Waals surface area contributed by atoms with Gasteiger partial charge in [0.05, 0.1) is 36.8 Å². The van der Waals surface area contributed by atoms with Crippen molar-refractivity contribution in [3.05, 3.63) is 5.83 Å². The van der Waals surface area contributed by atoms with E-state index in [1.165, 1.54) is 0 Å². The van der Waals surface area contributed by atoms with Crippen molar-refractivity contribution in [2.24, 2.45) is 27.8 Å². The third-order valence-corrected chi connectivity index (χ3v) is 9.19. The highest BCUT2D eigenvalue weighted by atomic mass is 19.1. The second-order valence-electron chi connectivity index (χ2n) is 11.4. The summed E-state index contributed by atoms with van der Waals surface area (Å²) >= 11 is 0. The molecule has 202 valence electrons. The zero-order valence-electron chi connectivity index (χ0n) is 21.1. The normalized spacial score (nSPS) is 36.4. The van der Waals surface area contributed by atoms with Gasteiger partial charge in [0.2, 0.25) is 12.3 Å². The SMILES string of the molecule is NC(N)C(C(=O)NC1CNCCC1N1CCN2C(COC2O)C1)C1CC2(CCCC2)CCC(F)=C=N1. The van der Waals surface area contributed by atoms with Crippen LogP contribution in [0.25, 0.3) is 0 Å². The number of nitrogens with two attached hydrogens (primary N) is 2. The second kappa shape index (κ2) is 11.1. The van der Waals surface area contributed by atoms with E-state index in [4.69, 9.17) is 16.2 Å². The molecule has 6 atom stereocenters. The Balaban J connectivity index is 1.30. The number of allylic oxidation sites excluding steroid dienone is 1. The Morgan fingerprint density at radius 3 is 2.89 bits per heavy atom. The maximum atomic E-state index is 14.4. The number of nitrogens with one attached hydrogen (secondary N) is 2. The largest absolute Gasteiger partial charge is 0.356 e. The van der Waals surface area contributed by atoms with Crippen molar-refractivity contribution < 1.29 is 19.0 Å². The van der Waals surface area contributed by atoms with Crippen molar-refractivity contribution in [3.8, 4) is 0 Å². The Bertz CT molecular complexity index is 861. The van der Waals surface area contributed by atoms with Crippen molar-refractivity contribution in [3.63, 3.8) is 0 Å². The summed E-state index contributed by atoms with van der Waals surface area (Å²) in [4.78, 5) is 22.5. The van der Waals surface area contributed by atoms with Gasteiger partial charge in [-0.1, -0.05) is 12.8 Å². The molecule has 3 saturated heterocycles. The summed E-state index contributed by atoms with van der Waals surface area (Å²) in [6.07, 6.45) is 5.28. The predicted molar refractivity (Wildman–Crippen MR) is 133 cm³/mol. The highest BCUT2D eigenvalue weighted by Crippen LogP contribution is 2.48. The number of carbonyl (C=O) groups is 1. The maximum absolute atomic E-state index is 14.4. The van der Waals surface area contributed by atoms with E-state index >= 15 is 0 Å². The van der Waals surface area contributed by atoms with Crippen LogP contribution in [0, 0.1) is 11.3 Å². The van der Waals surface area contributed by atoms with Crippen LogP contribution >= 0.6 is 0 Å². The molecule has 5 rings (SSSR count). The van der Waals surface area contributed by atoms with Gasteiger partial charge in [0.15, 0.2) is 5.83 Å². The summed E-state index contributed by atoms with van der Waals surface area (Å²) in [7, 11) is 0. The Labute approximate surface area is 212 Å². The molecule has 0 bridgehead atoms. The highest BCUT2D eigenvalue weighted by molar-refractivity contribution is 5.81. The van der Waals surface area contributed by atoms with E-state index in [2.05, 4.69) is 26.4 Å². The number of aliphatic imine (C=N–C) groups is 1. The lowest BCUT2D eigenvalue weighted by Gasteiger charge is -2.46. The number of piperazine rings is 1. The summed E-state index contributed by atoms with van der Waals surface area (Å²) in [6.45, 7) is 4.35. The number of rotatable bonds is 5. The molecule has 36 heavy (non-hydrogen) atoms. The lowest BCUT2D eigenvalue weighted by atomic mass is 9.73. The van der Waals surface area contributed by atoms with Crippen LogP contribution < -0.4 is 22.1 Å². The molecule has 0 radical (unpaired) electrons. The molecule has 6 unspecified atom stereocenters. The van der Waals surface area contributed by atoms with Crippen molar-refractivity contribution in [2.75, 3.05) is 39.3 Å². The molecule has 0 aromatic carbocycles. The fourth-order valence-corrected chi connectivity index (χ4v) is 7.20. The second-order valence-corrected chi connectivity index (χ2v) is 11.4. The number of amides is 1. The smallest absolute Gasteiger partial charge is 0.228 e. The van der Waals surface area contributed by atoms with Gasteiger partial charge in [-0.25, -0.2) is 14.3 Å². The van der Waals surface area contributed by atoms with E-state index in [-0.39, 0.29) is 35.3 Å². The summed E-state index contributed by atoms with van der Waals surface area (Å²) in [5.41, 5.74) is 12.4. The summed E-state index contributed by atoms with van der Waals surface area (Å²) in [5, 5.41) is 16.7. The van der Waals surface area contributed by atoms with Crippen LogP contribution in [-0.2, 0) is 9.53 Å². The van der Waals surface area contributed by atoms with E-state index in [0.29, 0.717) is 26.0 Å². The number of carbonyl (C=O) groups excluding carboxylic acids is 1. The Kier molecular flexibility index (Phi) is 8.09. The first-order valence-corrected chi connectivity index (χ1v) is 13.6. The average Bonchev–Trinajstić information content (AvgIpc) is 3.47. The number of fused-ring (bicyclic) bond motifs is 1. The van der Waals surface area contributed by atoms with Gasteiger partial charge in [0.1, 0.15) is 0 Å². The summed E-state index contributed by atoms with van der Waals surface area (Å²) in [6, 6.07) is -0.302. The van der Waals surface area contributed by atoms with Crippen LogP contribution in [0.4, 0.5) is 4.39 Å². The third-order valence-electron chi connectivity index (χ3n) is 9.19. The average molecular weight is 508 g/mol. The first-order valence-electron chi connectivity index (χ1n) is 13.6. The van der Waals surface area contributed by atoms with E-state index in [0.717, 1.165) is 64.7 Å². The van der Waals surface area contributed by atoms with Crippen molar-refractivity contribution in [1.29, 1.82) is 0 Å². The minimum atomic E-state index is -0.905. The lowest BCUT2D eigenvalue weighted by Crippen LogP contribution is -2.66. The van der Waals surface area contributed by atoms with Crippen LogP contribution in [0.1, 0.15) is 51.4 Å². The van der Waals surface area contributed by atoms with Gasteiger partial charge >= 0.3 is 0 Å². The molecular weight excluding hydrogens is 465 g/mol. The number of piperidine rings is 1. The Morgan fingerprint density at radius 2 is 2.11 bits per heavy atom. The fourth-order valence-electron chi connectivity index (χ4n) is 7.20. The molecule has 1 amide bonds. The van der Waals surface area contributed by atoms with Gasteiger partial charge in [0.25, 0.3) is 0 Å². The predicted octanol–water partition coefficient (Wildman–Crippen LogP) is -0.379. The van der Waals surface area contributed by atoms with Crippen LogP contribution in [0.15, 0.2) is 10.8 Å². The fraction of sp³-hybridized carbons (Fsp3) is 0.880. The quantitative estimate of drug-likeness (QED) is 0.317. The van der Waals surface area contributed by atoms with Crippen molar-refractivity contribution >= 4 is 11.8 Å². The van der Waals surface area contributed by atoms with Gasteiger partial charge in [-0.2, -0.15) is 0 Å². The van der Waals surface area contributed by atoms with Gasteiger partial charge in [0, 0.05) is 44.5 Å². The number of nitrogens with zero attached hydrogens (tertiary/aromatic N) is 3. The van der Waals surface area contributed by atoms with Crippen LogP contribution in [0.3, 0.4) is 0 Å². The van der Waals surface area contributed by atoms with E-state index in [1.54, 1.807) is 0 Å². The maximum Gasteiger partial charge on any atom is 0.228 e. The van der Waals surface area contributed by atoms with E-state index < -0.39 is 24.5 Å². The van der Waals surface area contributed by atoms with E-state index in [1.807, 2.05) is 4.90 Å². The van der Waals surface area contributed by atoms with Gasteiger partial charge in [-0.3, -0.25) is 9.69 Å². The number of aliphatic hydroxyl groups is 1. The van der Waals surface area contributed by atoms with Gasteiger partial charge in [-0.05, 0) is 44.1 Å². The molecule has 11 heteroatoms. The highest BCUT2D eigenvalue weighted by Gasteiger charge is 2.44. The first kappa shape index (κ1) is 26.2. The molecular formula is C25H42FN7O3. The summed E-state index contributed by atoms with van der Waals surface area (Å²) in [5.74, 6) is 1.23.